The van der Waals surface area contributed by atoms with E-state index in [4.69, 9.17) is 0 Å². The van der Waals surface area contributed by atoms with Gasteiger partial charge >= 0.3 is 5.92 Å². The van der Waals surface area contributed by atoms with E-state index in [1.165, 1.54) is 14.1 Å². The Bertz CT molecular complexity index is 127. The highest BCUT2D eigenvalue weighted by Crippen LogP contribution is 2.10. The average molecular weight is 152 g/mol. The third-order valence-electron chi connectivity index (χ3n) is 0.958. The van der Waals surface area contributed by atoms with E-state index in [0.29, 0.717) is 0 Å². The van der Waals surface area contributed by atoms with Crippen LogP contribution in [-0.2, 0) is 4.79 Å². The Labute approximate surface area is 57.8 Å². The first-order valence-electron chi connectivity index (χ1n) is 2.79. The van der Waals surface area contributed by atoms with Crippen molar-refractivity contribution < 1.29 is 13.6 Å². The molecule has 10 heavy (non-hydrogen) atoms. The summed E-state index contributed by atoms with van der Waals surface area (Å²) in [7, 11) is 2.53. The number of nitrogens with one attached hydrogen (secondary N) is 2. The monoisotopic (exact) mass is 152 g/mol. The van der Waals surface area contributed by atoms with Gasteiger partial charge in [-0.2, -0.15) is 8.78 Å². The largest absolute Gasteiger partial charge is 0.354 e. The van der Waals surface area contributed by atoms with E-state index < -0.39 is 18.4 Å². The number of halogens is 2. The highest BCUT2D eigenvalue weighted by molar-refractivity contribution is 5.83. The minimum atomic E-state index is -3.30. The van der Waals surface area contributed by atoms with Gasteiger partial charge in [0.2, 0.25) is 0 Å². The van der Waals surface area contributed by atoms with Gasteiger partial charge in [0.15, 0.2) is 0 Å². The summed E-state index contributed by atoms with van der Waals surface area (Å²) in [5.74, 6) is -4.56. The molecule has 0 saturated heterocycles. The van der Waals surface area contributed by atoms with Crippen LogP contribution in [0.3, 0.4) is 0 Å². The molecule has 5 heteroatoms. The van der Waals surface area contributed by atoms with Crippen LogP contribution in [0.2, 0.25) is 0 Å². The topological polar surface area (TPSA) is 41.1 Å². The molecule has 0 spiro atoms. The maximum absolute atomic E-state index is 12.3. The molecule has 2 N–H and O–H groups in total. The number of hydrogen-bond donors (Lipinski definition) is 2. The molecule has 0 unspecified atom stereocenters. The van der Waals surface area contributed by atoms with Gasteiger partial charge in [0.1, 0.15) is 0 Å². The van der Waals surface area contributed by atoms with Crippen LogP contribution in [0, 0.1) is 0 Å². The fourth-order valence-corrected chi connectivity index (χ4v) is 0.485. The van der Waals surface area contributed by atoms with Crippen molar-refractivity contribution in [1.29, 1.82) is 0 Å². The van der Waals surface area contributed by atoms with Crippen LogP contribution in [0.15, 0.2) is 0 Å². The Morgan fingerprint density at radius 2 is 2.00 bits per heavy atom. The molecular weight excluding hydrogens is 142 g/mol. The Kier molecular flexibility index (Phi) is 3.21. The number of alkyl halides is 2. The normalized spacial score (nSPS) is 11.2. The van der Waals surface area contributed by atoms with E-state index in [2.05, 4.69) is 5.32 Å². The molecule has 0 aromatic heterocycles. The molecule has 0 rings (SSSR count). The Morgan fingerprint density at radius 3 is 2.30 bits per heavy atom. The summed E-state index contributed by atoms with van der Waals surface area (Å²) in [6, 6.07) is 0. The lowest BCUT2D eigenvalue weighted by Gasteiger charge is -2.12. The molecule has 0 bridgehead atoms. The predicted molar refractivity (Wildman–Crippen MR) is 32.9 cm³/mol. The third-order valence-corrected chi connectivity index (χ3v) is 0.958. The molecule has 0 radical (unpaired) electrons. The lowest BCUT2D eigenvalue weighted by molar-refractivity contribution is -0.144. The average Bonchev–Trinajstić information content (AvgIpc) is 1.86. The van der Waals surface area contributed by atoms with Gasteiger partial charge in [-0.3, -0.25) is 4.79 Å². The molecule has 0 heterocycles. The third kappa shape index (κ3) is 2.26. The van der Waals surface area contributed by atoms with Gasteiger partial charge in [0, 0.05) is 7.05 Å². The highest BCUT2D eigenvalue weighted by Gasteiger charge is 2.36. The van der Waals surface area contributed by atoms with Gasteiger partial charge < -0.3 is 10.6 Å². The van der Waals surface area contributed by atoms with Crippen LogP contribution in [0.25, 0.3) is 0 Å². The fraction of sp³-hybridized carbons (Fsp3) is 0.800. The van der Waals surface area contributed by atoms with Gasteiger partial charge in [-0.05, 0) is 7.05 Å². The summed E-state index contributed by atoms with van der Waals surface area (Å²) in [5.41, 5.74) is 0. The number of hydrogen-bond acceptors (Lipinski definition) is 2. The van der Waals surface area contributed by atoms with Crippen molar-refractivity contribution in [3.63, 3.8) is 0 Å². The SMILES string of the molecule is CNCC(F)(F)C(=O)NC. The first-order valence-corrected chi connectivity index (χ1v) is 2.79. The highest BCUT2D eigenvalue weighted by atomic mass is 19.3. The van der Waals surface area contributed by atoms with Crippen molar-refractivity contribution in [3.8, 4) is 0 Å². The van der Waals surface area contributed by atoms with Crippen LogP contribution >= 0.6 is 0 Å². The molecule has 60 valence electrons. The summed E-state index contributed by atoms with van der Waals surface area (Å²) in [5, 5.41) is 4.07. The molecule has 0 atom stereocenters. The lowest BCUT2D eigenvalue weighted by atomic mass is 10.3. The van der Waals surface area contributed by atoms with Crippen LogP contribution in [0.1, 0.15) is 0 Å². The minimum absolute atomic E-state index is 0.632. The number of carbonyl (C=O) groups excluding carboxylic acids is 1. The second kappa shape index (κ2) is 3.46. The van der Waals surface area contributed by atoms with Gasteiger partial charge in [-0.25, -0.2) is 0 Å². The molecule has 0 aliphatic carbocycles. The molecule has 0 saturated carbocycles. The van der Waals surface area contributed by atoms with E-state index in [1.807, 2.05) is 5.32 Å². The van der Waals surface area contributed by atoms with E-state index in [0.717, 1.165) is 0 Å². The molecule has 0 aromatic carbocycles. The quantitative estimate of drug-likeness (QED) is 0.577. The van der Waals surface area contributed by atoms with Crippen LogP contribution in [0.5, 0.6) is 0 Å². The van der Waals surface area contributed by atoms with Crippen molar-refractivity contribution in [2.45, 2.75) is 5.92 Å². The van der Waals surface area contributed by atoms with Crippen LogP contribution < -0.4 is 10.6 Å². The summed E-state index contributed by atoms with van der Waals surface area (Å²) >= 11 is 0. The molecule has 0 aliphatic rings. The number of carbonyl (C=O) groups is 1. The van der Waals surface area contributed by atoms with E-state index in [9.17, 15) is 13.6 Å². The first-order chi connectivity index (χ1) is 4.54. The molecule has 0 aliphatic heterocycles. The number of amides is 1. The van der Waals surface area contributed by atoms with E-state index in [1.54, 1.807) is 0 Å². The maximum Gasteiger partial charge on any atom is 0.336 e. The molecule has 0 fully saturated rings. The van der Waals surface area contributed by atoms with Crippen LogP contribution in [0.4, 0.5) is 8.78 Å². The molecule has 1 amide bonds. The zero-order valence-corrected chi connectivity index (χ0v) is 5.87. The van der Waals surface area contributed by atoms with Crippen molar-refractivity contribution in [3.05, 3.63) is 0 Å². The molecule has 3 nitrogen and oxygen atoms in total. The second-order valence-electron chi connectivity index (χ2n) is 1.81. The van der Waals surface area contributed by atoms with Gasteiger partial charge in [-0.15, -0.1) is 0 Å². The van der Waals surface area contributed by atoms with Crippen molar-refractivity contribution in [2.24, 2.45) is 0 Å². The zero-order chi connectivity index (χ0) is 8.20. The summed E-state index contributed by atoms with van der Waals surface area (Å²) in [4.78, 5) is 10.3. The summed E-state index contributed by atoms with van der Waals surface area (Å²) < 4.78 is 24.7. The van der Waals surface area contributed by atoms with Gasteiger partial charge in [0.05, 0.1) is 6.54 Å². The standard InChI is InChI=1S/C5H10F2N2O/c1-8-3-5(6,7)4(10)9-2/h8H,3H2,1-2H3,(H,9,10). The lowest BCUT2D eigenvalue weighted by Crippen LogP contribution is -2.44. The Hall–Kier alpha value is -0.710. The van der Waals surface area contributed by atoms with Crippen molar-refractivity contribution >= 4 is 5.91 Å². The molecular formula is C5H10F2N2O. The van der Waals surface area contributed by atoms with Gasteiger partial charge in [0.25, 0.3) is 5.91 Å². The minimum Gasteiger partial charge on any atom is -0.354 e. The second-order valence-corrected chi connectivity index (χ2v) is 1.81. The number of rotatable bonds is 3. The maximum atomic E-state index is 12.3. The zero-order valence-electron chi connectivity index (χ0n) is 5.87. The van der Waals surface area contributed by atoms with Crippen LogP contribution in [-0.4, -0.2) is 32.5 Å². The fourth-order valence-electron chi connectivity index (χ4n) is 0.485. The molecule has 0 aromatic rings. The Morgan fingerprint density at radius 1 is 1.50 bits per heavy atom. The predicted octanol–water partition coefficient (Wildman–Crippen LogP) is -0.413. The smallest absolute Gasteiger partial charge is 0.336 e. The van der Waals surface area contributed by atoms with Crippen molar-refractivity contribution in [1.82, 2.24) is 10.6 Å². The van der Waals surface area contributed by atoms with E-state index in [-0.39, 0.29) is 0 Å². The summed E-state index contributed by atoms with van der Waals surface area (Å²) in [6.07, 6.45) is 0. The van der Waals surface area contributed by atoms with E-state index >= 15 is 0 Å². The Balaban J connectivity index is 3.96. The summed E-state index contributed by atoms with van der Waals surface area (Å²) in [6.45, 7) is -0.632. The van der Waals surface area contributed by atoms with Gasteiger partial charge in [-0.1, -0.05) is 0 Å². The first kappa shape index (κ1) is 9.29. The van der Waals surface area contributed by atoms with Crippen molar-refractivity contribution in [2.75, 3.05) is 20.6 Å².